The molecule has 0 saturated heterocycles. The van der Waals surface area contributed by atoms with Crippen LogP contribution in [0.15, 0.2) is 85.1 Å². The fourth-order valence-electron chi connectivity index (χ4n) is 4.86. The maximum absolute atomic E-state index is 13.8. The number of hydrogen-bond acceptors (Lipinski definition) is 4. The van der Waals surface area contributed by atoms with E-state index in [2.05, 4.69) is 17.1 Å². The van der Waals surface area contributed by atoms with Crippen molar-refractivity contribution in [3.63, 3.8) is 0 Å². The van der Waals surface area contributed by atoms with Crippen molar-refractivity contribution in [3.05, 3.63) is 108 Å². The Bertz CT molecular complexity index is 1360. The molecule has 2 atom stereocenters. The second-order valence-electron chi connectivity index (χ2n) is 10.7. The predicted octanol–water partition coefficient (Wildman–Crippen LogP) is 5.45. The number of H-pyrrole nitrogens is 1. The number of carbonyl (C=O) groups is 1. The van der Waals surface area contributed by atoms with Crippen LogP contribution < -0.4 is 10.5 Å². The molecule has 0 fully saturated rings. The van der Waals surface area contributed by atoms with E-state index in [1.165, 1.54) is 5.56 Å². The van der Waals surface area contributed by atoms with Crippen LogP contribution in [0.2, 0.25) is 0 Å². The van der Waals surface area contributed by atoms with Gasteiger partial charge in [0, 0.05) is 24.7 Å². The van der Waals surface area contributed by atoms with Crippen molar-refractivity contribution in [3.8, 4) is 17.0 Å². The van der Waals surface area contributed by atoms with Crippen LogP contribution in [0, 0.1) is 0 Å². The van der Waals surface area contributed by atoms with Crippen molar-refractivity contribution >= 4 is 5.91 Å². The number of nitrogens with zero attached hydrogens (tertiary/aromatic N) is 2. The Hall–Kier alpha value is -3.90. The normalized spacial score (nSPS) is 16.2. The highest BCUT2D eigenvalue weighted by atomic mass is 16.5. The van der Waals surface area contributed by atoms with Crippen LogP contribution in [-0.4, -0.2) is 32.4 Å². The molecule has 6 heteroatoms. The molecule has 37 heavy (non-hydrogen) atoms. The van der Waals surface area contributed by atoms with Crippen LogP contribution in [-0.2, 0) is 24.2 Å². The summed E-state index contributed by atoms with van der Waals surface area (Å²) in [4.78, 5) is 23.9. The Kier molecular flexibility index (Phi) is 6.85. The molecular formula is C31H34N4O2. The second kappa shape index (κ2) is 10.2. The molecule has 3 N–H and O–H groups in total. The van der Waals surface area contributed by atoms with E-state index in [-0.39, 0.29) is 17.6 Å². The van der Waals surface area contributed by atoms with Crippen LogP contribution in [0.5, 0.6) is 5.75 Å². The standard InChI is InChI=1S/C31H34N4O2/c1-31(2,3)37-25-15-13-21(14-16-25)17-26(32)30(36)35-20-24-12-8-7-11-23(24)18-28(35)29-33-19-27(34-29)22-9-5-4-6-10-22/h4-16,19,26,28H,17-18,20,32H2,1-3H3,(H,33,34). The Morgan fingerprint density at radius 3 is 2.41 bits per heavy atom. The fraction of sp³-hybridized carbons (Fsp3) is 0.290. The second-order valence-corrected chi connectivity index (χ2v) is 10.7. The molecule has 0 saturated carbocycles. The van der Waals surface area contributed by atoms with E-state index in [9.17, 15) is 4.79 Å². The summed E-state index contributed by atoms with van der Waals surface area (Å²) in [6.45, 7) is 6.56. The molecule has 6 nitrogen and oxygen atoms in total. The van der Waals surface area contributed by atoms with E-state index in [0.717, 1.165) is 34.0 Å². The van der Waals surface area contributed by atoms with Crippen molar-refractivity contribution in [2.24, 2.45) is 5.73 Å². The van der Waals surface area contributed by atoms with Crippen molar-refractivity contribution < 1.29 is 9.53 Å². The van der Waals surface area contributed by atoms with Gasteiger partial charge in [0.25, 0.3) is 0 Å². The highest BCUT2D eigenvalue weighted by Gasteiger charge is 2.35. The Balaban J connectivity index is 1.37. The summed E-state index contributed by atoms with van der Waals surface area (Å²) >= 11 is 0. The third-order valence-corrected chi connectivity index (χ3v) is 6.63. The molecule has 1 aliphatic rings. The zero-order valence-electron chi connectivity index (χ0n) is 21.6. The van der Waals surface area contributed by atoms with Crippen molar-refractivity contribution in [1.29, 1.82) is 0 Å². The molecule has 0 aliphatic carbocycles. The topological polar surface area (TPSA) is 84.2 Å². The minimum absolute atomic E-state index is 0.0767. The summed E-state index contributed by atoms with van der Waals surface area (Å²) in [7, 11) is 0. The van der Waals surface area contributed by atoms with Gasteiger partial charge in [-0.05, 0) is 56.0 Å². The maximum Gasteiger partial charge on any atom is 0.240 e. The lowest BCUT2D eigenvalue weighted by Crippen LogP contribution is -2.48. The average Bonchev–Trinajstić information content (AvgIpc) is 3.38. The predicted molar refractivity (Wildman–Crippen MR) is 146 cm³/mol. The Morgan fingerprint density at radius 1 is 1.03 bits per heavy atom. The number of nitrogens with two attached hydrogens (primary N) is 1. The molecule has 1 aliphatic heterocycles. The molecule has 0 bridgehead atoms. The monoisotopic (exact) mass is 494 g/mol. The van der Waals surface area contributed by atoms with Crippen LogP contribution in [0.1, 0.15) is 49.3 Å². The van der Waals surface area contributed by atoms with Crippen molar-refractivity contribution in [1.82, 2.24) is 14.9 Å². The van der Waals surface area contributed by atoms with E-state index < -0.39 is 6.04 Å². The van der Waals surface area contributed by atoms with E-state index in [0.29, 0.717) is 19.4 Å². The van der Waals surface area contributed by atoms with Crippen molar-refractivity contribution in [2.45, 2.75) is 57.8 Å². The highest BCUT2D eigenvalue weighted by Crippen LogP contribution is 2.33. The third kappa shape index (κ3) is 5.75. The lowest BCUT2D eigenvalue weighted by molar-refractivity contribution is -0.136. The first-order chi connectivity index (χ1) is 17.8. The summed E-state index contributed by atoms with van der Waals surface area (Å²) in [5.41, 5.74) is 11.5. The number of rotatable bonds is 6. The number of imidazole rings is 1. The number of carbonyl (C=O) groups excluding carboxylic acids is 1. The molecule has 0 radical (unpaired) electrons. The Labute approximate surface area is 218 Å². The lowest BCUT2D eigenvalue weighted by atomic mass is 9.92. The van der Waals surface area contributed by atoms with Gasteiger partial charge in [-0.1, -0.05) is 66.7 Å². The molecule has 5 rings (SSSR count). The van der Waals surface area contributed by atoms with Gasteiger partial charge in [0.2, 0.25) is 5.91 Å². The third-order valence-electron chi connectivity index (χ3n) is 6.63. The van der Waals surface area contributed by atoms with Gasteiger partial charge in [0.05, 0.1) is 17.8 Å². The zero-order valence-corrected chi connectivity index (χ0v) is 21.6. The minimum atomic E-state index is -0.661. The molecule has 1 aromatic heterocycles. The summed E-state index contributed by atoms with van der Waals surface area (Å²) in [6.07, 6.45) is 3.05. The van der Waals surface area contributed by atoms with Gasteiger partial charge in [0.1, 0.15) is 17.2 Å². The van der Waals surface area contributed by atoms with Gasteiger partial charge >= 0.3 is 0 Å². The van der Waals surface area contributed by atoms with Gasteiger partial charge in [-0.25, -0.2) is 4.98 Å². The van der Waals surface area contributed by atoms with Crippen LogP contribution in [0.4, 0.5) is 0 Å². The summed E-state index contributed by atoms with van der Waals surface area (Å²) in [5, 5.41) is 0. The first-order valence-corrected chi connectivity index (χ1v) is 12.8. The molecule has 2 unspecified atom stereocenters. The van der Waals surface area contributed by atoms with Crippen LogP contribution in [0.3, 0.4) is 0 Å². The molecule has 4 aromatic rings. The zero-order chi connectivity index (χ0) is 26.0. The number of aromatic nitrogens is 2. The average molecular weight is 495 g/mol. The van der Waals surface area contributed by atoms with Crippen LogP contribution >= 0.6 is 0 Å². The van der Waals surface area contributed by atoms with E-state index >= 15 is 0 Å². The first-order valence-electron chi connectivity index (χ1n) is 12.8. The number of aromatic amines is 1. The fourth-order valence-corrected chi connectivity index (χ4v) is 4.86. The van der Waals surface area contributed by atoms with Gasteiger partial charge < -0.3 is 20.4 Å². The molecule has 190 valence electrons. The number of fused-ring (bicyclic) bond motifs is 1. The molecule has 3 aromatic carbocycles. The SMILES string of the molecule is CC(C)(C)Oc1ccc(CC(N)C(=O)N2Cc3ccccc3CC2c2nc(-c3ccccc3)c[nH]2)cc1. The summed E-state index contributed by atoms with van der Waals surface area (Å²) in [5.74, 6) is 1.50. The van der Waals surface area contributed by atoms with E-state index in [4.69, 9.17) is 15.5 Å². The molecular weight excluding hydrogens is 460 g/mol. The summed E-state index contributed by atoms with van der Waals surface area (Å²) < 4.78 is 5.92. The van der Waals surface area contributed by atoms with E-state index in [1.807, 2.05) is 98.6 Å². The Morgan fingerprint density at radius 2 is 1.70 bits per heavy atom. The lowest BCUT2D eigenvalue weighted by Gasteiger charge is -2.37. The number of hydrogen-bond donors (Lipinski definition) is 2. The number of amides is 1. The maximum atomic E-state index is 13.8. The van der Waals surface area contributed by atoms with Gasteiger partial charge in [-0.3, -0.25) is 4.79 Å². The summed E-state index contributed by atoms with van der Waals surface area (Å²) in [6, 6.07) is 25.3. The number of nitrogens with one attached hydrogen (secondary N) is 1. The first kappa shape index (κ1) is 24.8. The molecule has 2 heterocycles. The largest absolute Gasteiger partial charge is 0.488 e. The van der Waals surface area contributed by atoms with Gasteiger partial charge in [0.15, 0.2) is 0 Å². The molecule has 0 spiro atoms. The number of ether oxygens (including phenoxy) is 1. The molecule has 1 amide bonds. The minimum Gasteiger partial charge on any atom is -0.488 e. The number of benzene rings is 3. The smallest absolute Gasteiger partial charge is 0.240 e. The van der Waals surface area contributed by atoms with Gasteiger partial charge in [-0.2, -0.15) is 0 Å². The quantitative estimate of drug-likeness (QED) is 0.373. The van der Waals surface area contributed by atoms with Crippen molar-refractivity contribution in [2.75, 3.05) is 0 Å². The van der Waals surface area contributed by atoms with Crippen LogP contribution in [0.25, 0.3) is 11.3 Å². The van der Waals surface area contributed by atoms with E-state index in [1.54, 1.807) is 0 Å². The highest BCUT2D eigenvalue weighted by molar-refractivity contribution is 5.82. The van der Waals surface area contributed by atoms with Gasteiger partial charge in [-0.15, -0.1) is 0 Å².